The Morgan fingerprint density at radius 1 is 1.12 bits per heavy atom. The molecule has 2 aromatic carbocycles. The molecule has 1 heterocycles. The molecular weight excluding hydrogens is 341 g/mol. The van der Waals surface area contributed by atoms with E-state index in [9.17, 15) is 9.46 Å². The molecule has 0 saturated heterocycles. The first-order chi connectivity index (χ1) is 11.6. The summed E-state index contributed by atoms with van der Waals surface area (Å²) in [5.74, 6) is 0. The Bertz CT molecular complexity index is 823. The van der Waals surface area contributed by atoms with Crippen LogP contribution in [0.25, 0.3) is 20.8 Å². The number of hydrogen-bond acceptors (Lipinski definition) is 4. The van der Waals surface area contributed by atoms with Crippen LogP contribution in [-0.4, -0.2) is 9.88 Å². The van der Waals surface area contributed by atoms with E-state index < -0.39 is 13.9 Å². The molecule has 1 unspecified atom stereocenters. The fourth-order valence-corrected chi connectivity index (χ4v) is 4.65. The molecule has 0 radical (unpaired) electrons. The summed E-state index contributed by atoms with van der Waals surface area (Å²) in [6, 6.07) is 16.0. The second kappa shape index (κ2) is 7.16. The maximum absolute atomic E-state index is 11.2. The fraction of sp³-hybridized carbons (Fsp3) is 0.278. The predicted molar refractivity (Wildman–Crippen MR) is 99.6 cm³/mol. The molecule has 0 aliphatic carbocycles. The van der Waals surface area contributed by atoms with Crippen LogP contribution < -0.4 is 0 Å². The summed E-state index contributed by atoms with van der Waals surface area (Å²) >= 11 is 1.66. The number of rotatable bonds is 6. The largest absolute Gasteiger partial charge is 0.326 e. The summed E-state index contributed by atoms with van der Waals surface area (Å²) in [5, 5.41) is 0.970. The van der Waals surface area contributed by atoms with E-state index in [1.165, 1.54) is 0 Å². The lowest BCUT2D eigenvalue weighted by atomic mass is 9.88. The Morgan fingerprint density at radius 3 is 2.38 bits per heavy atom. The zero-order chi connectivity index (χ0) is 17.2. The van der Waals surface area contributed by atoms with Crippen LogP contribution in [0.15, 0.2) is 48.5 Å². The van der Waals surface area contributed by atoms with Crippen molar-refractivity contribution >= 4 is 29.8 Å². The van der Waals surface area contributed by atoms with E-state index in [0.29, 0.717) is 12.8 Å². The van der Waals surface area contributed by atoms with Gasteiger partial charge in [0.2, 0.25) is 0 Å². The maximum atomic E-state index is 11.2. The second-order valence-electron chi connectivity index (χ2n) is 5.63. The molecule has 0 saturated carbocycles. The summed E-state index contributed by atoms with van der Waals surface area (Å²) < 4.78 is 17.8. The monoisotopic (exact) mass is 361 g/mol. The summed E-state index contributed by atoms with van der Waals surface area (Å²) in [7, 11) is -3.00. The molecule has 1 atom stereocenters. The normalized spacial score (nSPS) is 13.3. The predicted octanol–water partition coefficient (Wildman–Crippen LogP) is 5.38. The first kappa shape index (κ1) is 17.3. The molecular formula is C18H20NO3PS. The number of fused-ring (bicyclic) bond motifs is 1. The average Bonchev–Trinajstić information content (AvgIpc) is 3.04. The highest BCUT2D eigenvalue weighted by molar-refractivity contribution is 7.32. The summed E-state index contributed by atoms with van der Waals surface area (Å²) in [5.41, 5.74) is 2.25. The third kappa shape index (κ3) is 3.31. The van der Waals surface area contributed by atoms with Crippen LogP contribution in [0.3, 0.4) is 0 Å². The van der Waals surface area contributed by atoms with Crippen molar-refractivity contribution in [3.8, 4) is 10.6 Å². The summed E-state index contributed by atoms with van der Waals surface area (Å²) in [6.07, 6.45) is 1.28. The van der Waals surface area contributed by atoms with Crippen molar-refractivity contribution in [3.05, 3.63) is 54.1 Å². The third-order valence-electron chi connectivity index (χ3n) is 4.38. The van der Waals surface area contributed by atoms with Crippen molar-refractivity contribution < 1.29 is 14.0 Å². The molecule has 0 aliphatic rings. The van der Waals surface area contributed by atoms with E-state index in [-0.39, 0.29) is 0 Å². The molecule has 1 N–H and O–H groups in total. The molecule has 24 heavy (non-hydrogen) atoms. The zero-order valence-electron chi connectivity index (χ0n) is 13.7. The van der Waals surface area contributed by atoms with Crippen LogP contribution in [0.4, 0.5) is 0 Å². The Kier molecular flexibility index (Phi) is 5.16. The van der Waals surface area contributed by atoms with E-state index in [2.05, 4.69) is 11.1 Å². The van der Waals surface area contributed by atoms with Crippen molar-refractivity contribution in [1.29, 1.82) is 0 Å². The van der Waals surface area contributed by atoms with Gasteiger partial charge in [0.15, 0.2) is 0 Å². The van der Waals surface area contributed by atoms with Crippen molar-refractivity contribution in [3.63, 3.8) is 0 Å². The lowest BCUT2D eigenvalue weighted by molar-refractivity contribution is 0.0536. The van der Waals surface area contributed by atoms with Gasteiger partial charge in [0.05, 0.1) is 10.2 Å². The Hall–Kier alpha value is -1.52. The molecule has 0 spiro atoms. The highest BCUT2D eigenvalue weighted by atomic mass is 32.1. The van der Waals surface area contributed by atoms with Gasteiger partial charge in [0.1, 0.15) is 10.6 Å². The molecule has 0 bridgehead atoms. The molecule has 0 fully saturated rings. The second-order valence-corrected chi connectivity index (χ2v) is 7.40. The SMILES string of the molecule is CCC(CC)(O[PH](=O)O)c1ccc(-c2nc3ccccc3s2)cc1. The summed E-state index contributed by atoms with van der Waals surface area (Å²) in [4.78, 5) is 13.9. The van der Waals surface area contributed by atoms with Gasteiger partial charge in [0.25, 0.3) is 0 Å². The van der Waals surface area contributed by atoms with Crippen molar-refractivity contribution in [2.45, 2.75) is 32.3 Å². The number of benzene rings is 2. The van der Waals surface area contributed by atoms with Gasteiger partial charge in [0, 0.05) is 5.56 Å². The summed E-state index contributed by atoms with van der Waals surface area (Å²) in [6.45, 7) is 3.94. The minimum Gasteiger partial charge on any atom is -0.326 e. The minimum absolute atomic E-state index is 0.640. The Balaban J connectivity index is 1.95. The van der Waals surface area contributed by atoms with Crippen LogP contribution >= 0.6 is 19.6 Å². The van der Waals surface area contributed by atoms with Crippen LogP contribution in [0.5, 0.6) is 0 Å². The van der Waals surface area contributed by atoms with E-state index in [4.69, 9.17) is 4.52 Å². The first-order valence-electron chi connectivity index (χ1n) is 7.96. The Morgan fingerprint density at radius 2 is 1.79 bits per heavy atom. The van der Waals surface area contributed by atoms with Crippen LogP contribution in [0, 0.1) is 0 Å². The molecule has 0 amide bonds. The molecule has 126 valence electrons. The quantitative estimate of drug-likeness (QED) is 0.599. The number of aromatic nitrogens is 1. The minimum atomic E-state index is -3.00. The molecule has 4 nitrogen and oxygen atoms in total. The van der Waals surface area contributed by atoms with E-state index in [0.717, 1.165) is 26.4 Å². The standard InChI is InChI=1S/C18H20NO3PS/c1-3-18(4-2,22-23(20)21)14-11-9-13(10-12-14)17-19-15-7-5-6-8-16(15)24-17/h5-12,23H,3-4H2,1-2H3,(H,20,21). The fourth-order valence-electron chi connectivity index (χ4n) is 2.94. The number of hydrogen-bond donors (Lipinski definition) is 1. The van der Waals surface area contributed by atoms with Crippen LogP contribution in [-0.2, 0) is 14.7 Å². The molecule has 0 aliphatic heterocycles. The molecule has 3 aromatic rings. The number of nitrogens with zero attached hydrogens (tertiary/aromatic N) is 1. The van der Waals surface area contributed by atoms with Crippen molar-refractivity contribution in [2.75, 3.05) is 0 Å². The van der Waals surface area contributed by atoms with Gasteiger partial charge >= 0.3 is 8.25 Å². The van der Waals surface area contributed by atoms with Gasteiger partial charge in [-0.05, 0) is 30.5 Å². The van der Waals surface area contributed by atoms with Crippen molar-refractivity contribution in [1.82, 2.24) is 4.98 Å². The lowest BCUT2D eigenvalue weighted by Gasteiger charge is -2.31. The van der Waals surface area contributed by atoms with Crippen molar-refractivity contribution in [2.24, 2.45) is 0 Å². The van der Waals surface area contributed by atoms with Crippen LogP contribution in [0.1, 0.15) is 32.3 Å². The van der Waals surface area contributed by atoms with E-state index in [1.54, 1.807) is 11.3 Å². The number of thiazole rings is 1. The number of para-hydroxylation sites is 1. The van der Waals surface area contributed by atoms with Crippen LogP contribution in [0.2, 0.25) is 0 Å². The van der Waals surface area contributed by atoms with E-state index in [1.807, 2.05) is 56.3 Å². The first-order valence-corrected chi connectivity index (χ1v) is 10.0. The molecule has 3 rings (SSSR count). The molecule has 6 heteroatoms. The zero-order valence-corrected chi connectivity index (χ0v) is 15.5. The van der Waals surface area contributed by atoms with Gasteiger partial charge in [-0.25, -0.2) is 4.98 Å². The highest BCUT2D eigenvalue weighted by Gasteiger charge is 2.31. The van der Waals surface area contributed by atoms with Gasteiger partial charge in [-0.2, -0.15) is 0 Å². The lowest BCUT2D eigenvalue weighted by Crippen LogP contribution is -2.25. The van der Waals surface area contributed by atoms with E-state index >= 15 is 0 Å². The maximum Gasteiger partial charge on any atom is 0.317 e. The molecule has 1 aromatic heterocycles. The average molecular weight is 361 g/mol. The van der Waals surface area contributed by atoms with Gasteiger partial charge in [-0.15, -0.1) is 11.3 Å². The Labute approximate surface area is 146 Å². The highest BCUT2D eigenvalue weighted by Crippen LogP contribution is 2.41. The van der Waals surface area contributed by atoms with Gasteiger partial charge in [-0.1, -0.05) is 50.2 Å². The van der Waals surface area contributed by atoms with Gasteiger partial charge in [-0.3, -0.25) is 9.09 Å². The third-order valence-corrected chi connectivity index (χ3v) is 6.03. The smallest absolute Gasteiger partial charge is 0.317 e. The van der Waals surface area contributed by atoms with Gasteiger partial charge < -0.3 is 4.89 Å². The topological polar surface area (TPSA) is 59.4 Å².